The molecule has 0 radical (unpaired) electrons. The largest absolute Gasteiger partial charge is 0.695 e. The van der Waals surface area contributed by atoms with E-state index in [4.69, 9.17) is 4.89 Å². The number of aryl methyl sites for hydroxylation is 1. The number of hydrogen-bond acceptors (Lipinski definition) is 4. The molecule has 9 heteroatoms. The van der Waals surface area contributed by atoms with Crippen molar-refractivity contribution in [2.45, 2.75) is 6.61 Å². The van der Waals surface area contributed by atoms with Crippen LogP contribution >= 0.6 is 8.25 Å². The van der Waals surface area contributed by atoms with Crippen LogP contribution in [0.15, 0.2) is 60.8 Å². The molecule has 0 bridgehead atoms. The lowest BCUT2D eigenvalue weighted by Gasteiger charge is -2.05. The average molecular weight is 414 g/mol. The molecule has 0 fully saturated rings. The molecule has 0 saturated heterocycles. The average Bonchev–Trinajstić information content (AvgIpc) is 3.07. The quantitative estimate of drug-likeness (QED) is 0.450. The topological polar surface area (TPSA) is 93.5 Å². The molecule has 2 aromatic carbocycles. The van der Waals surface area contributed by atoms with Gasteiger partial charge >= 0.3 is 8.25 Å². The van der Waals surface area contributed by atoms with Crippen LogP contribution in [0, 0.1) is 5.82 Å². The molecule has 3 rings (SSSR count). The van der Waals surface area contributed by atoms with Crippen LogP contribution < -0.4 is 5.32 Å². The van der Waals surface area contributed by atoms with Crippen LogP contribution in [0.25, 0.3) is 17.3 Å². The van der Waals surface area contributed by atoms with Crippen LogP contribution in [-0.4, -0.2) is 20.6 Å². The van der Waals surface area contributed by atoms with Crippen molar-refractivity contribution < 1.29 is 23.2 Å². The molecule has 0 aliphatic heterocycles. The number of nitrogens with zero attached hydrogens (tertiary/aromatic N) is 2. The molecule has 2 N–H and O–H groups in total. The van der Waals surface area contributed by atoms with Crippen molar-refractivity contribution in [1.29, 1.82) is 0 Å². The highest BCUT2D eigenvalue weighted by Gasteiger charge is 2.12. The Hall–Kier alpha value is -3.19. The van der Waals surface area contributed by atoms with Gasteiger partial charge in [-0.05, 0) is 48.0 Å². The Balaban J connectivity index is 1.67. The van der Waals surface area contributed by atoms with E-state index < -0.39 is 8.25 Å². The summed E-state index contributed by atoms with van der Waals surface area (Å²) in [6.07, 6.45) is 4.65. The van der Waals surface area contributed by atoms with Gasteiger partial charge < -0.3 is 5.32 Å². The molecular weight excluding hydrogens is 396 g/mol. The van der Waals surface area contributed by atoms with Gasteiger partial charge in [-0.2, -0.15) is 5.10 Å². The van der Waals surface area contributed by atoms with Crippen molar-refractivity contribution >= 4 is 25.9 Å². The molecule has 1 aromatic heterocycles. The fourth-order valence-corrected chi connectivity index (χ4v) is 2.96. The zero-order valence-electron chi connectivity index (χ0n) is 15.4. The molecular formula is C20H18FN3O4P+. The fraction of sp³-hybridized carbons (Fsp3) is 0.100. The summed E-state index contributed by atoms with van der Waals surface area (Å²) in [5.41, 5.74) is 3.55. The molecule has 3 aromatic rings. The third-order valence-corrected chi connectivity index (χ3v) is 4.41. The number of benzene rings is 2. The van der Waals surface area contributed by atoms with E-state index in [1.165, 1.54) is 18.2 Å². The predicted octanol–water partition coefficient (Wildman–Crippen LogP) is 4.04. The number of carbonyl (C=O) groups is 1. The maximum absolute atomic E-state index is 13.2. The van der Waals surface area contributed by atoms with Crippen molar-refractivity contribution in [2.75, 3.05) is 5.32 Å². The molecule has 0 aliphatic carbocycles. The van der Waals surface area contributed by atoms with E-state index in [2.05, 4.69) is 14.9 Å². The van der Waals surface area contributed by atoms with Gasteiger partial charge in [0.1, 0.15) is 12.4 Å². The molecule has 1 unspecified atom stereocenters. The van der Waals surface area contributed by atoms with Gasteiger partial charge in [0.15, 0.2) is 0 Å². The molecule has 7 nitrogen and oxygen atoms in total. The lowest BCUT2D eigenvalue weighted by molar-refractivity contribution is -0.111. The van der Waals surface area contributed by atoms with Crippen LogP contribution in [0.4, 0.5) is 10.1 Å². The van der Waals surface area contributed by atoms with E-state index in [-0.39, 0.29) is 18.3 Å². The third-order valence-electron chi connectivity index (χ3n) is 4.06. The monoisotopic (exact) mass is 414 g/mol. The summed E-state index contributed by atoms with van der Waals surface area (Å²) < 4.78 is 30.0. The maximum Gasteiger partial charge on any atom is 0.695 e. The van der Waals surface area contributed by atoms with E-state index in [1.807, 2.05) is 0 Å². The normalized spacial score (nSPS) is 11.6. The highest BCUT2D eigenvalue weighted by Crippen LogP contribution is 2.24. The Morgan fingerprint density at radius 3 is 2.59 bits per heavy atom. The summed E-state index contributed by atoms with van der Waals surface area (Å²) in [4.78, 5) is 20.9. The Kier molecular flexibility index (Phi) is 6.61. The molecule has 148 valence electrons. The number of hydrogen-bond donors (Lipinski definition) is 2. The van der Waals surface area contributed by atoms with Crippen molar-refractivity contribution in [3.8, 4) is 11.3 Å². The lowest BCUT2D eigenvalue weighted by Crippen LogP contribution is -2.07. The first-order valence-corrected chi connectivity index (χ1v) is 9.70. The highest BCUT2D eigenvalue weighted by molar-refractivity contribution is 7.32. The number of carbonyl (C=O) groups excluding carboxylic acids is 1. The molecule has 1 amide bonds. The molecule has 0 aliphatic rings. The number of nitrogens with one attached hydrogen (secondary N) is 1. The maximum atomic E-state index is 13.2. The van der Waals surface area contributed by atoms with Gasteiger partial charge in [0.2, 0.25) is 5.91 Å². The number of anilines is 1. The van der Waals surface area contributed by atoms with Crippen LogP contribution in [0.3, 0.4) is 0 Å². The Bertz CT molecular complexity index is 1050. The zero-order chi connectivity index (χ0) is 20.8. The predicted molar refractivity (Wildman–Crippen MR) is 107 cm³/mol. The van der Waals surface area contributed by atoms with Crippen LogP contribution in [0.2, 0.25) is 0 Å². The van der Waals surface area contributed by atoms with Crippen LogP contribution in [0.5, 0.6) is 0 Å². The van der Waals surface area contributed by atoms with Gasteiger partial charge in [0.25, 0.3) is 0 Å². The summed E-state index contributed by atoms with van der Waals surface area (Å²) >= 11 is 0. The Labute approximate surface area is 167 Å². The van der Waals surface area contributed by atoms with Gasteiger partial charge in [-0.25, -0.2) is 4.39 Å². The molecule has 0 spiro atoms. The van der Waals surface area contributed by atoms with E-state index in [9.17, 15) is 13.8 Å². The summed E-state index contributed by atoms with van der Waals surface area (Å²) in [6, 6.07) is 12.8. The summed E-state index contributed by atoms with van der Waals surface area (Å²) in [5.74, 6) is -0.656. The summed E-state index contributed by atoms with van der Waals surface area (Å²) in [6.45, 7) is 0.00695. The number of halogens is 1. The van der Waals surface area contributed by atoms with Gasteiger partial charge in [0, 0.05) is 34.5 Å². The molecule has 1 atom stereocenters. The first kappa shape index (κ1) is 20.5. The molecule has 0 saturated carbocycles. The SMILES string of the molecule is Cn1ncc(/C=C\C(=O)Nc2ccc(CO[P+](=O)O)cc2)c1-c1ccc(F)cc1. The first-order valence-electron chi connectivity index (χ1n) is 8.57. The van der Waals surface area contributed by atoms with E-state index >= 15 is 0 Å². The van der Waals surface area contributed by atoms with E-state index in [0.717, 1.165) is 16.8 Å². The second-order valence-electron chi connectivity index (χ2n) is 6.11. The molecule has 29 heavy (non-hydrogen) atoms. The van der Waals surface area contributed by atoms with Crippen molar-refractivity contribution in [3.63, 3.8) is 0 Å². The minimum Gasteiger partial charge on any atom is -0.323 e. The van der Waals surface area contributed by atoms with Crippen molar-refractivity contribution in [1.82, 2.24) is 9.78 Å². The van der Waals surface area contributed by atoms with Crippen LogP contribution in [0.1, 0.15) is 11.1 Å². The minimum absolute atomic E-state index is 0.00695. The van der Waals surface area contributed by atoms with Crippen LogP contribution in [-0.2, 0) is 27.5 Å². The highest BCUT2D eigenvalue weighted by atomic mass is 31.1. The second-order valence-corrected chi connectivity index (χ2v) is 6.84. The number of aromatic nitrogens is 2. The first-order chi connectivity index (χ1) is 13.9. The van der Waals surface area contributed by atoms with E-state index in [1.54, 1.807) is 60.4 Å². The van der Waals surface area contributed by atoms with Gasteiger partial charge in [-0.3, -0.25) is 9.48 Å². The molecule has 1 heterocycles. The number of rotatable bonds is 7. The minimum atomic E-state index is -2.65. The van der Waals surface area contributed by atoms with Gasteiger partial charge in [-0.15, -0.1) is 9.42 Å². The van der Waals surface area contributed by atoms with Crippen molar-refractivity contribution in [3.05, 3.63) is 77.7 Å². The van der Waals surface area contributed by atoms with Gasteiger partial charge in [0.05, 0.1) is 11.9 Å². The third kappa shape index (κ3) is 5.65. The second kappa shape index (κ2) is 9.34. The summed E-state index contributed by atoms with van der Waals surface area (Å²) in [7, 11) is -0.875. The van der Waals surface area contributed by atoms with E-state index in [0.29, 0.717) is 11.3 Å². The zero-order valence-corrected chi connectivity index (χ0v) is 16.3. The standard InChI is InChI=1S/C20H17FN3O4P/c1-24-20(15-4-7-17(21)8-5-15)16(12-22-24)6-11-19(25)23-18-9-2-14(3-10-18)13-28-29(26)27/h2-12H,13H2,1H3,(H-,23,25,26,27)/p+1/b11-6-. The van der Waals surface area contributed by atoms with Gasteiger partial charge in [-0.1, -0.05) is 12.1 Å². The lowest BCUT2D eigenvalue weighted by atomic mass is 10.1. The number of amides is 1. The Morgan fingerprint density at radius 2 is 1.93 bits per heavy atom. The van der Waals surface area contributed by atoms with Crippen molar-refractivity contribution in [2.24, 2.45) is 7.05 Å². The Morgan fingerprint density at radius 1 is 1.24 bits per heavy atom. The smallest absolute Gasteiger partial charge is 0.323 e. The fourth-order valence-electron chi connectivity index (χ4n) is 2.70. The summed E-state index contributed by atoms with van der Waals surface area (Å²) in [5, 5.41) is 6.93.